The lowest BCUT2D eigenvalue weighted by Gasteiger charge is -2.34. The molecule has 0 aliphatic carbocycles. The number of aryl methyl sites for hydroxylation is 2. The van der Waals surface area contributed by atoms with Gasteiger partial charge in [0.05, 0.1) is 19.4 Å². The van der Waals surface area contributed by atoms with Gasteiger partial charge in [-0.1, -0.05) is 32.9 Å². The van der Waals surface area contributed by atoms with E-state index in [0.29, 0.717) is 18.7 Å². The van der Waals surface area contributed by atoms with Crippen molar-refractivity contribution in [3.05, 3.63) is 41.5 Å². The Balaban J connectivity index is 1.50. The van der Waals surface area contributed by atoms with Crippen LogP contribution in [0.15, 0.2) is 24.5 Å². The second-order valence-electron chi connectivity index (χ2n) is 11.2. The second-order valence-corrected chi connectivity index (χ2v) is 11.2. The zero-order valence-electron chi connectivity index (χ0n) is 22.7. The van der Waals surface area contributed by atoms with Crippen molar-refractivity contribution in [3.8, 4) is 0 Å². The van der Waals surface area contributed by atoms with Crippen LogP contribution in [0.25, 0.3) is 11.2 Å². The number of aromatic nitrogens is 4. The molecule has 0 saturated carbocycles. The molecule has 1 aliphatic rings. The summed E-state index contributed by atoms with van der Waals surface area (Å²) in [6.45, 7) is 17.3. The maximum absolute atomic E-state index is 12.1. The molecule has 2 aromatic heterocycles. The molecule has 1 amide bonds. The molecule has 194 valence electrons. The summed E-state index contributed by atoms with van der Waals surface area (Å²) in [5, 5.41) is 6.56. The molecule has 3 heterocycles. The van der Waals surface area contributed by atoms with E-state index in [1.165, 1.54) is 5.56 Å². The Kier molecular flexibility index (Phi) is 7.61. The average molecular weight is 493 g/mol. The van der Waals surface area contributed by atoms with Crippen molar-refractivity contribution < 1.29 is 4.79 Å². The number of piperazine rings is 1. The Morgan fingerprint density at radius 3 is 2.44 bits per heavy atom. The smallest absolute Gasteiger partial charge is 0.234 e. The number of fused-ring (bicyclic) bond motifs is 1. The lowest BCUT2D eigenvalue weighted by atomic mass is 9.86. The molecule has 0 spiro atoms. The number of imidazole rings is 1. The number of hydrogen-bond acceptors (Lipinski definition) is 7. The van der Waals surface area contributed by atoms with Crippen molar-refractivity contribution in [3.63, 3.8) is 0 Å². The van der Waals surface area contributed by atoms with E-state index in [9.17, 15) is 4.79 Å². The zero-order chi connectivity index (χ0) is 26.0. The number of carbonyl (C=O) groups is 1. The van der Waals surface area contributed by atoms with Crippen molar-refractivity contribution in [2.24, 2.45) is 7.05 Å². The highest BCUT2D eigenvalue weighted by molar-refractivity contribution is 5.86. The van der Waals surface area contributed by atoms with Gasteiger partial charge in [-0.2, -0.15) is 0 Å². The van der Waals surface area contributed by atoms with Gasteiger partial charge in [0.1, 0.15) is 11.3 Å². The summed E-state index contributed by atoms with van der Waals surface area (Å²) >= 11 is 0. The van der Waals surface area contributed by atoms with Crippen molar-refractivity contribution >= 4 is 28.6 Å². The molecule has 9 heteroatoms. The fraction of sp³-hybridized carbons (Fsp3) is 0.556. The van der Waals surface area contributed by atoms with Gasteiger partial charge in [0.15, 0.2) is 11.5 Å². The van der Waals surface area contributed by atoms with E-state index in [-0.39, 0.29) is 17.4 Å². The normalized spacial score (nSPS) is 15.6. The van der Waals surface area contributed by atoms with Crippen LogP contribution in [-0.4, -0.2) is 74.0 Å². The van der Waals surface area contributed by atoms with E-state index in [1.807, 2.05) is 25.5 Å². The summed E-state index contributed by atoms with van der Waals surface area (Å²) in [5.41, 5.74) is 5.12. The third-order valence-corrected chi connectivity index (χ3v) is 6.62. The van der Waals surface area contributed by atoms with Crippen LogP contribution < -0.4 is 10.6 Å². The van der Waals surface area contributed by atoms with Gasteiger partial charge in [0.25, 0.3) is 0 Å². The van der Waals surface area contributed by atoms with Gasteiger partial charge in [0, 0.05) is 45.0 Å². The number of benzene rings is 1. The molecular formula is C27H40N8O. The van der Waals surface area contributed by atoms with Crippen LogP contribution >= 0.6 is 0 Å². The number of amides is 1. The van der Waals surface area contributed by atoms with Crippen LogP contribution in [0.5, 0.6) is 0 Å². The SMILES string of the molecule is Cc1ccc(C(C)(C)C)cc1Nc1nc(CN2CCN(CC(=O)NC(C)C)CC2)nc2ncn(C)c12. The first-order valence-corrected chi connectivity index (χ1v) is 12.8. The highest BCUT2D eigenvalue weighted by Gasteiger charge is 2.22. The lowest BCUT2D eigenvalue weighted by Crippen LogP contribution is -2.49. The number of carbonyl (C=O) groups excluding carboxylic acids is 1. The maximum atomic E-state index is 12.1. The molecule has 1 fully saturated rings. The fourth-order valence-electron chi connectivity index (χ4n) is 4.49. The highest BCUT2D eigenvalue weighted by atomic mass is 16.2. The standard InChI is InChI=1S/C27H40N8O/c1-18(2)29-23(36)16-35-12-10-34(11-13-35)15-22-31-25-24(33(7)17-28-25)26(32-22)30-21-14-20(27(4,5)6)9-8-19(21)3/h8-9,14,17-18H,10-13,15-16H2,1-7H3,(H,29,36)(H,30,31,32). The van der Waals surface area contributed by atoms with Crippen molar-refractivity contribution in [2.45, 2.75) is 59.5 Å². The van der Waals surface area contributed by atoms with Gasteiger partial charge < -0.3 is 15.2 Å². The Morgan fingerprint density at radius 2 is 1.78 bits per heavy atom. The number of hydrogen-bond donors (Lipinski definition) is 2. The number of rotatable bonds is 7. The van der Waals surface area contributed by atoms with Crippen molar-refractivity contribution in [1.82, 2.24) is 34.6 Å². The Bertz CT molecular complexity index is 1220. The van der Waals surface area contributed by atoms with E-state index in [4.69, 9.17) is 9.97 Å². The van der Waals surface area contributed by atoms with E-state index >= 15 is 0 Å². The van der Waals surface area contributed by atoms with E-state index < -0.39 is 0 Å². The first-order chi connectivity index (χ1) is 17.0. The monoisotopic (exact) mass is 492 g/mol. The summed E-state index contributed by atoms with van der Waals surface area (Å²) in [5.74, 6) is 1.61. The minimum absolute atomic E-state index is 0.0560. The second kappa shape index (κ2) is 10.5. The van der Waals surface area contributed by atoms with Crippen LogP contribution in [0.4, 0.5) is 11.5 Å². The van der Waals surface area contributed by atoms with Crippen LogP contribution in [0.2, 0.25) is 0 Å². The van der Waals surface area contributed by atoms with Gasteiger partial charge >= 0.3 is 0 Å². The van der Waals surface area contributed by atoms with Gasteiger partial charge in [-0.05, 0) is 43.4 Å². The van der Waals surface area contributed by atoms with Gasteiger partial charge in [-0.3, -0.25) is 14.6 Å². The molecule has 0 atom stereocenters. The first-order valence-electron chi connectivity index (χ1n) is 12.8. The lowest BCUT2D eigenvalue weighted by molar-refractivity contribution is -0.123. The Labute approximate surface area is 214 Å². The van der Waals surface area contributed by atoms with Gasteiger partial charge in [0.2, 0.25) is 5.91 Å². The van der Waals surface area contributed by atoms with Gasteiger partial charge in [-0.25, -0.2) is 15.0 Å². The van der Waals surface area contributed by atoms with Gasteiger partial charge in [-0.15, -0.1) is 0 Å². The molecule has 4 rings (SSSR count). The summed E-state index contributed by atoms with van der Waals surface area (Å²) in [6.07, 6.45) is 1.79. The molecule has 1 aromatic carbocycles. The van der Waals surface area contributed by atoms with Crippen LogP contribution in [0.3, 0.4) is 0 Å². The van der Waals surface area contributed by atoms with Crippen LogP contribution in [-0.2, 0) is 23.8 Å². The molecule has 1 aliphatic heterocycles. The van der Waals surface area contributed by atoms with E-state index in [0.717, 1.165) is 54.6 Å². The summed E-state index contributed by atoms with van der Waals surface area (Å²) < 4.78 is 1.96. The molecule has 2 N–H and O–H groups in total. The molecule has 0 bridgehead atoms. The molecular weight excluding hydrogens is 452 g/mol. The van der Waals surface area contributed by atoms with Crippen molar-refractivity contribution in [1.29, 1.82) is 0 Å². The van der Waals surface area contributed by atoms with Crippen molar-refractivity contribution in [2.75, 3.05) is 38.0 Å². The molecule has 3 aromatic rings. The Morgan fingerprint density at radius 1 is 1.08 bits per heavy atom. The predicted molar refractivity (Wildman–Crippen MR) is 144 cm³/mol. The quantitative estimate of drug-likeness (QED) is 0.523. The third kappa shape index (κ3) is 6.20. The minimum atomic E-state index is 0.0560. The maximum Gasteiger partial charge on any atom is 0.234 e. The average Bonchev–Trinajstić information content (AvgIpc) is 3.16. The molecule has 0 unspecified atom stereocenters. The van der Waals surface area contributed by atoms with Crippen LogP contribution in [0, 0.1) is 6.92 Å². The number of anilines is 2. The van der Waals surface area contributed by atoms with E-state index in [2.05, 4.69) is 71.3 Å². The molecule has 9 nitrogen and oxygen atoms in total. The summed E-state index contributed by atoms with van der Waals surface area (Å²) in [7, 11) is 1.97. The highest BCUT2D eigenvalue weighted by Crippen LogP contribution is 2.30. The fourth-order valence-corrected chi connectivity index (χ4v) is 4.49. The third-order valence-electron chi connectivity index (χ3n) is 6.62. The molecule has 0 radical (unpaired) electrons. The first kappa shape index (κ1) is 26.0. The molecule has 1 saturated heterocycles. The predicted octanol–water partition coefficient (Wildman–Crippen LogP) is 3.36. The van der Waals surface area contributed by atoms with Crippen LogP contribution in [0.1, 0.15) is 51.6 Å². The Hall–Kier alpha value is -3.04. The topological polar surface area (TPSA) is 91.2 Å². The summed E-state index contributed by atoms with van der Waals surface area (Å²) in [6, 6.07) is 6.73. The largest absolute Gasteiger partial charge is 0.353 e. The number of nitrogens with one attached hydrogen (secondary N) is 2. The van der Waals surface area contributed by atoms with E-state index in [1.54, 1.807) is 6.33 Å². The minimum Gasteiger partial charge on any atom is -0.353 e. The summed E-state index contributed by atoms with van der Waals surface area (Å²) in [4.78, 5) is 30.9. The number of nitrogens with zero attached hydrogens (tertiary/aromatic N) is 6. The zero-order valence-corrected chi connectivity index (χ0v) is 22.7. The molecule has 36 heavy (non-hydrogen) atoms.